The van der Waals surface area contributed by atoms with Crippen molar-refractivity contribution >= 4 is 0 Å². The van der Waals surface area contributed by atoms with Crippen molar-refractivity contribution in [3.05, 3.63) is 53.9 Å². The van der Waals surface area contributed by atoms with E-state index in [2.05, 4.69) is 10.3 Å². The molecule has 0 fully saturated rings. The summed E-state index contributed by atoms with van der Waals surface area (Å²) in [7, 11) is 1.65. The summed E-state index contributed by atoms with van der Waals surface area (Å²) < 4.78 is 10.8. The van der Waals surface area contributed by atoms with Crippen LogP contribution in [0.2, 0.25) is 0 Å². The number of rotatable bonds is 7. The van der Waals surface area contributed by atoms with Gasteiger partial charge in [0.2, 0.25) is 0 Å². The number of nitrogens with one attached hydrogen (secondary N) is 1. The van der Waals surface area contributed by atoms with Gasteiger partial charge in [-0.15, -0.1) is 0 Å². The van der Waals surface area contributed by atoms with Crippen LogP contribution in [-0.2, 0) is 13.1 Å². The lowest BCUT2D eigenvalue weighted by molar-refractivity contribution is -0.00000496. The molecule has 5 heteroatoms. The smallest absolute Gasteiger partial charge is 0.161 e. The minimum Gasteiger partial charge on any atom is -1.00 e. The Hall–Kier alpha value is -1.78. The largest absolute Gasteiger partial charge is 1.00 e. The number of hydrogen-bond acceptors (Lipinski definition) is 4. The van der Waals surface area contributed by atoms with Crippen molar-refractivity contribution in [1.82, 2.24) is 10.3 Å². The minimum absolute atomic E-state index is 0. The molecule has 0 aliphatic heterocycles. The maximum absolute atomic E-state index is 5.57. The highest BCUT2D eigenvalue weighted by Gasteiger charge is 2.05. The van der Waals surface area contributed by atoms with Crippen LogP contribution in [0.1, 0.15) is 18.1 Å². The molecule has 0 spiro atoms. The molecule has 0 aliphatic carbocycles. The lowest BCUT2D eigenvalue weighted by atomic mass is 10.2. The maximum atomic E-state index is 5.57. The highest BCUT2D eigenvalue weighted by molar-refractivity contribution is 5.42. The fourth-order valence-electron chi connectivity index (χ4n) is 1.95. The van der Waals surface area contributed by atoms with Gasteiger partial charge in [-0.3, -0.25) is 4.98 Å². The molecular formula is C16H20ClN2O2-. The van der Waals surface area contributed by atoms with Crippen molar-refractivity contribution in [2.45, 2.75) is 20.0 Å². The van der Waals surface area contributed by atoms with Crippen molar-refractivity contribution in [1.29, 1.82) is 0 Å². The van der Waals surface area contributed by atoms with Crippen LogP contribution in [-0.4, -0.2) is 18.7 Å². The van der Waals surface area contributed by atoms with Crippen molar-refractivity contribution in [2.24, 2.45) is 0 Å². The number of benzene rings is 1. The zero-order valence-electron chi connectivity index (χ0n) is 12.3. The monoisotopic (exact) mass is 307 g/mol. The van der Waals surface area contributed by atoms with E-state index in [-0.39, 0.29) is 12.4 Å². The van der Waals surface area contributed by atoms with E-state index in [1.165, 1.54) is 11.1 Å². The molecular weight excluding hydrogens is 288 g/mol. The van der Waals surface area contributed by atoms with Crippen molar-refractivity contribution < 1.29 is 21.9 Å². The second kappa shape index (κ2) is 9.21. The summed E-state index contributed by atoms with van der Waals surface area (Å²) in [5, 5.41) is 3.40. The van der Waals surface area contributed by atoms with E-state index in [4.69, 9.17) is 9.47 Å². The van der Waals surface area contributed by atoms with E-state index in [0.717, 1.165) is 24.6 Å². The van der Waals surface area contributed by atoms with Crippen LogP contribution in [0.4, 0.5) is 0 Å². The average molecular weight is 308 g/mol. The molecule has 1 N–H and O–H groups in total. The summed E-state index contributed by atoms with van der Waals surface area (Å²) in [5.41, 5.74) is 2.39. The first-order chi connectivity index (χ1) is 9.83. The zero-order valence-corrected chi connectivity index (χ0v) is 13.1. The molecule has 21 heavy (non-hydrogen) atoms. The summed E-state index contributed by atoms with van der Waals surface area (Å²) in [6.07, 6.45) is 3.61. The van der Waals surface area contributed by atoms with Crippen molar-refractivity contribution in [3.63, 3.8) is 0 Å². The molecule has 114 valence electrons. The molecule has 0 bridgehead atoms. The second-order valence-corrected chi connectivity index (χ2v) is 4.38. The Labute approximate surface area is 131 Å². The number of pyridine rings is 1. The molecule has 1 aromatic heterocycles. The van der Waals surface area contributed by atoms with E-state index in [9.17, 15) is 0 Å². The second-order valence-electron chi connectivity index (χ2n) is 4.38. The molecule has 2 rings (SSSR count). The normalized spacial score (nSPS) is 9.81. The van der Waals surface area contributed by atoms with Crippen LogP contribution in [0.25, 0.3) is 0 Å². The molecule has 1 heterocycles. The highest BCUT2D eigenvalue weighted by Crippen LogP contribution is 2.27. The fourth-order valence-corrected chi connectivity index (χ4v) is 1.95. The third-order valence-corrected chi connectivity index (χ3v) is 2.94. The summed E-state index contributed by atoms with van der Waals surface area (Å²) in [5.74, 6) is 1.56. The number of aromatic nitrogens is 1. The zero-order chi connectivity index (χ0) is 14.2. The quantitative estimate of drug-likeness (QED) is 0.768. The highest BCUT2D eigenvalue weighted by atomic mass is 35.5. The van der Waals surface area contributed by atoms with E-state index >= 15 is 0 Å². The van der Waals surface area contributed by atoms with Gasteiger partial charge in [0.05, 0.1) is 13.7 Å². The number of ether oxygens (including phenoxy) is 2. The Bertz CT molecular complexity index is 535. The summed E-state index contributed by atoms with van der Waals surface area (Å²) in [6, 6.07) is 10.0. The predicted octanol–water partition coefficient (Wildman–Crippen LogP) is -0.217. The maximum Gasteiger partial charge on any atom is 0.161 e. The van der Waals surface area contributed by atoms with Gasteiger partial charge in [-0.25, -0.2) is 0 Å². The third kappa shape index (κ3) is 5.25. The van der Waals surface area contributed by atoms with Gasteiger partial charge in [0.1, 0.15) is 0 Å². The van der Waals surface area contributed by atoms with Gasteiger partial charge in [-0.1, -0.05) is 6.07 Å². The van der Waals surface area contributed by atoms with E-state index in [1.807, 2.05) is 37.3 Å². The molecule has 0 unspecified atom stereocenters. The molecule has 0 saturated heterocycles. The summed E-state index contributed by atoms with van der Waals surface area (Å²) in [4.78, 5) is 4.00. The lowest BCUT2D eigenvalue weighted by Gasteiger charge is -2.11. The lowest BCUT2D eigenvalue weighted by Crippen LogP contribution is -3.00. The number of methoxy groups -OCH3 is 1. The van der Waals surface area contributed by atoms with Crippen LogP contribution >= 0.6 is 0 Å². The van der Waals surface area contributed by atoms with Crippen LogP contribution in [0.15, 0.2) is 42.7 Å². The SMILES string of the molecule is CCOc1cc(CNCc2ccncc2)ccc1OC.[Cl-]. The van der Waals surface area contributed by atoms with Crippen molar-refractivity contribution in [2.75, 3.05) is 13.7 Å². The molecule has 0 radical (unpaired) electrons. The number of nitrogens with zero attached hydrogens (tertiary/aromatic N) is 1. The molecule has 1 aromatic carbocycles. The Morgan fingerprint density at radius 1 is 1.00 bits per heavy atom. The Balaban J connectivity index is 0.00000220. The Kier molecular flexibility index (Phi) is 7.58. The van der Waals surface area contributed by atoms with Gasteiger partial charge in [0.15, 0.2) is 11.5 Å². The summed E-state index contributed by atoms with van der Waals surface area (Å²) in [6.45, 7) is 4.20. The first kappa shape index (κ1) is 17.3. The topological polar surface area (TPSA) is 43.4 Å². The van der Waals surface area contributed by atoms with Gasteiger partial charge in [0.25, 0.3) is 0 Å². The van der Waals surface area contributed by atoms with Crippen LogP contribution in [0, 0.1) is 0 Å². The van der Waals surface area contributed by atoms with Crippen LogP contribution < -0.4 is 27.2 Å². The average Bonchev–Trinajstić information content (AvgIpc) is 2.49. The summed E-state index contributed by atoms with van der Waals surface area (Å²) >= 11 is 0. The van der Waals surface area contributed by atoms with Gasteiger partial charge in [0, 0.05) is 25.5 Å². The Morgan fingerprint density at radius 2 is 1.71 bits per heavy atom. The third-order valence-electron chi connectivity index (χ3n) is 2.94. The van der Waals surface area contributed by atoms with E-state index in [1.54, 1.807) is 19.5 Å². The van der Waals surface area contributed by atoms with Gasteiger partial charge in [-0.2, -0.15) is 0 Å². The standard InChI is InChI=1S/C16H20N2O2.ClH/c1-3-20-16-10-14(4-5-15(16)19-2)12-18-11-13-6-8-17-9-7-13;/h4-10,18H,3,11-12H2,1-2H3;1H/p-1. The molecule has 0 amide bonds. The first-order valence-electron chi connectivity index (χ1n) is 6.72. The predicted molar refractivity (Wildman–Crippen MR) is 78.9 cm³/mol. The molecule has 0 aliphatic rings. The first-order valence-corrected chi connectivity index (χ1v) is 6.72. The Morgan fingerprint density at radius 3 is 2.38 bits per heavy atom. The number of hydrogen-bond donors (Lipinski definition) is 1. The van der Waals surface area contributed by atoms with Gasteiger partial charge in [-0.05, 0) is 42.3 Å². The van der Waals surface area contributed by atoms with E-state index < -0.39 is 0 Å². The van der Waals surface area contributed by atoms with Gasteiger partial charge >= 0.3 is 0 Å². The molecule has 0 saturated carbocycles. The molecule has 4 nitrogen and oxygen atoms in total. The molecule has 2 aromatic rings. The van der Waals surface area contributed by atoms with E-state index in [0.29, 0.717) is 6.61 Å². The van der Waals surface area contributed by atoms with Gasteiger partial charge < -0.3 is 27.2 Å². The van der Waals surface area contributed by atoms with Crippen LogP contribution in [0.3, 0.4) is 0 Å². The van der Waals surface area contributed by atoms with Crippen molar-refractivity contribution in [3.8, 4) is 11.5 Å². The fraction of sp³-hybridized carbons (Fsp3) is 0.312. The van der Waals surface area contributed by atoms with Crippen LogP contribution in [0.5, 0.6) is 11.5 Å². The molecule has 0 atom stereocenters. The minimum atomic E-state index is 0. The number of halogens is 1.